The van der Waals surface area contributed by atoms with Gasteiger partial charge in [-0.3, -0.25) is 4.40 Å². The van der Waals surface area contributed by atoms with Crippen LogP contribution in [0.4, 0.5) is 0 Å². The molecular formula is C13H16N4O. The van der Waals surface area contributed by atoms with Crippen LogP contribution in [-0.4, -0.2) is 31.6 Å². The van der Waals surface area contributed by atoms with Gasteiger partial charge in [-0.25, -0.2) is 9.97 Å². The van der Waals surface area contributed by atoms with Gasteiger partial charge in [0.1, 0.15) is 5.60 Å². The van der Waals surface area contributed by atoms with Crippen molar-refractivity contribution in [2.75, 3.05) is 0 Å². The van der Waals surface area contributed by atoms with Gasteiger partial charge in [-0.05, 0) is 31.7 Å². The lowest BCUT2D eigenvalue weighted by atomic mass is 9.85. The first-order chi connectivity index (χ1) is 8.74. The van der Waals surface area contributed by atoms with Crippen LogP contribution in [0.2, 0.25) is 0 Å². The van der Waals surface area contributed by atoms with E-state index in [2.05, 4.69) is 15.3 Å². The van der Waals surface area contributed by atoms with Crippen LogP contribution in [0.5, 0.6) is 0 Å². The summed E-state index contributed by atoms with van der Waals surface area (Å²) in [5.74, 6) is 0.659. The molecule has 0 amide bonds. The molecule has 94 valence electrons. The molecule has 0 radical (unpaired) electrons. The third-order valence-electron chi connectivity index (χ3n) is 4.27. The lowest BCUT2D eigenvalue weighted by molar-refractivity contribution is -0.0160. The first-order valence-electron chi connectivity index (χ1n) is 6.52. The van der Waals surface area contributed by atoms with E-state index < -0.39 is 5.60 Å². The zero-order valence-corrected chi connectivity index (χ0v) is 10.1. The van der Waals surface area contributed by atoms with Crippen molar-refractivity contribution in [3.8, 4) is 0 Å². The second-order valence-corrected chi connectivity index (χ2v) is 5.51. The van der Waals surface area contributed by atoms with E-state index in [0.29, 0.717) is 17.9 Å². The first kappa shape index (κ1) is 10.5. The first-order valence-corrected chi connectivity index (χ1v) is 6.52. The predicted octanol–water partition coefficient (Wildman–Crippen LogP) is 0.831. The van der Waals surface area contributed by atoms with Crippen molar-refractivity contribution in [3.63, 3.8) is 0 Å². The summed E-state index contributed by atoms with van der Waals surface area (Å²) < 4.78 is 1.91. The number of fused-ring (bicyclic) bond motifs is 3. The predicted molar refractivity (Wildman–Crippen MR) is 66.1 cm³/mol. The summed E-state index contributed by atoms with van der Waals surface area (Å²) in [5, 5.41) is 14.5. The topological polar surface area (TPSA) is 62.5 Å². The van der Waals surface area contributed by atoms with E-state index in [1.807, 2.05) is 16.7 Å². The quantitative estimate of drug-likeness (QED) is 0.780. The summed E-state index contributed by atoms with van der Waals surface area (Å²) >= 11 is 0. The normalized spacial score (nSPS) is 35.2. The molecule has 2 saturated heterocycles. The van der Waals surface area contributed by atoms with Gasteiger partial charge in [0, 0.05) is 24.5 Å². The highest BCUT2D eigenvalue weighted by Gasteiger charge is 2.45. The number of nitrogens with zero attached hydrogens (tertiary/aromatic N) is 3. The van der Waals surface area contributed by atoms with Crippen molar-refractivity contribution in [1.82, 2.24) is 19.7 Å². The molecule has 2 fully saturated rings. The van der Waals surface area contributed by atoms with E-state index in [0.717, 1.165) is 18.5 Å². The van der Waals surface area contributed by atoms with Crippen molar-refractivity contribution in [1.29, 1.82) is 0 Å². The standard InChI is InChI=1S/C13H16N4O/c18-13(6-9-2-3-10(7-13)16-9)11-8-15-12-14-4-1-5-17(11)12/h1,4-5,8-10,16,18H,2-3,6-7H2. The second-order valence-electron chi connectivity index (χ2n) is 5.51. The van der Waals surface area contributed by atoms with Crippen LogP contribution >= 0.6 is 0 Å². The minimum Gasteiger partial charge on any atom is -0.383 e. The fourth-order valence-corrected chi connectivity index (χ4v) is 3.50. The summed E-state index contributed by atoms with van der Waals surface area (Å²) in [4.78, 5) is 8.49. The molecule has 0 aliphatic carbocycles. The highest BCUT2D eigenvalue weighted by molar-refractivity contribution is 5.33. The van der Waals surface area contributed by atoms with Crippen LogP contribution < -0.4 is 5.32 Å². The number of aliphatic hydroxyl groups is 1. The molecule has 5 heteroatoms. The summed E-state index contributed by atoms with van der Waals surface area (Å²) in [6.45, 7) is 0. The summed E-state index contributed by atoms with van der Waals surface area (Å²) in [7, 11) is 0. The summed E-state index contributed by atoms with van der Waals surface area (Å²) in [6, 6.07) is 2.75. The van der Waals surface area contributed by atoms with Gasteiger partial charge in [0.2, 0.25) is 5.78 Å². The van der Waals surface area contributed by atoms with Crippen LogP contribution in [0, 0.1) is 0 Å². The smallest absolute Gasteiger partial charge is 0.233 e. The summed E-state index contributed by atoms with van der Waals surface area (Å²) in [5.41, 5.74) is 0.114. The molecule has 4 rings (SSSR count). The highest BCUT2D eigenvalue weighted by Crippen LogP contribution is 2.40. The van der Waals surface area contributed by atoms with E-state index in [4.69, 9.17) is 0 Å². The fraction of sp³-hybridized carbons (Fsp3) is 0.538. The van der Waals surface area contributed by atoms with Crippen molar-refractivity contribution >= 4 is 5.78 Å². The van der Waals surface area contributed by atoms with Gasteiger partial charge in [-0.2, -0.15) is 0 Å². The second kappa shape index (κ2) is 3.52. The lowest BCUT2D eigenvalue weighted by Gasteiger charge is -2.36. The van der Waals surface area contributed by atoms with Gasteiger partial charge < -0.3 is 10.4 Å². The van der Waals surface area contributed by atoms with E-state index in [-0.39, 0.29) is 0 Å². The van der Waals surface area contributed by atoms with Crippen molar-refractivity contribution in [3.05, 3.63) is 30.4 Å². The Hall–Kier alpha value is -1.46. The number of hydrogen-bond donors (Lipinski definition) is 2. The number of rotatable bonds is 1. The molecule has 0 saturated carbocycles. The van der Waals surface area contributed by atoms with E-state index in [9.17, 15) is 5.11 Å². The largest absolute Gasteiger partial charge is 0.383 e. The third kappa shape index (κ3) is 1.41. The van der Waals surface area contributed by atoms with Gasteiger partial charge in [-0.1, -0.05) is 0 Å². The van der Waals surface area contributed by atoms with Crippen LogP contribution in [-0.2, 0) is 5.60 Å². The Morgan fingerprint density at radius 1 is 1.28 bits per heavy atom. The van der Waals surface area contributed by atoms with Crippen molar-refractivity contribution < 1.29 is 5.11 Å². The van der Waals surface area contributed by atoms with E-state index in [1.165, 1.54) is 12.8 Å². The molecule has 2 aromatic rings. The maximum absolute atomic E-state index is 11.0. The van der Waals surface area contributed by atoms with Crippen LogP contribution in [0.1, 0.15) is 31.4 Å². The zero-order chi connectivity index (χ0) is 12.2. The monoisotopic (exact) mass is 244 g/mol. The number of aromatic nitrogens is 3. The Labute approximate surface area is 105 Å². The number of nitrogens with one attached hydrogen (secondary N) is 1. The number of piperidine rings is 1. The van der Waals surface area contributed by atoms with Gasteiger partial charge in [-0.15, -0.1) is 0 Å². The van der Waals surface area contributed by atoms with Gasteiger partial charge >= 0.3 is 0 Å². The molecule has 0 aromatic carbocycles. The number of imidazole rings is 1. The maximum atomic E-state index is 11.0. The van der Waals surface area contributed by atoms with E-state index >= 15 is 0 Å². The van der Waals surface area contributed by atoms with Gasteiger partial charge in [0.05, 0.1) is 11.9 Å². The molecule has 5 nitrogen and oxygen atoms in total. The molecule has 18 heavy (non-hydrogen) atoms. The third-order valence-corrected chi connectivity index (χ3v) is 4.27. The van der Waals surface area contributed by atoms with Gasteiger partial charge in [0.25, 0.3) is 0 Å². The average Bonchev–Trinajstić information content (AvgIpc) is 2.93. The molecule has 0 spiro atoms. The minimum atomic E-state index is -0.764. The molecule has 2 aliphatic rings. The van der Waals surface area contributed by atoms with Crippen LogP contribution in [0.25, 0.3) is 5.78 Å². The molecule has 2 atom stereocenters. The van der Waals surface area contributed by atoms with Crippen molar-refractivity contribution in [2.24, 2.45) is 0 Å². The Kier molecular flexibility index (Phi) is 2.05. The molecule has 2 aromatic heterocycles. The Morgan fingerprint density at radius 2 is 2.06 bits per heavy atom. The Balaban J connectivity index is 1.82. The molecular weight excluding hydrogens is 228 g/mol. The highest BCUT2D eigenvalue weighted by atomic mass is 16.3. The SMILES string of the molecule is OC1(c2cnc3ncccn23)CC2CCC(C1)N2. The number of hydrogen-bond acceptors (Lipinski definition) is 4. The zero-order valence-electron chi connectivity index (χ0n) is 10.1. The molecule has 2 N–H and O–H groups in total. The molecule has 2 aliphatic heterocycles. The van der Waals surface area contributed by atoms with Crippen LogP contribution in [0.3, 0.4) is 0 Å². The fourth-order valence-electron chi connectivity index (χ4n) is 3.50. The molecule has 2 bridgehead atoms. The Bertz CT molecular complexity index is 581. The average molecular weight is 244 g/mol. The minimum absolute atomic E-state index is 0.441. The van der Waals surface area contributed by atoms with Gasteiger partial charge in [0.15, 0.2) is 0 Å². The molecule has 4 heterocycles. The maximum Gasteiger partial charge on any atom is 0.233 e. The van der Waals surface area contributed by atoms with Crippen molar-refractivity contribution in [2.45, 2.75) is 43.4 Å². The Morgan fingerprint density at radius 3 is 2.83 bits per heavy atom. The van der Waals surface area contributed by atoms with E-state index in [1.54, 1.807) is 12.4 Å². The molecule has 2 unspecified atom stereocenters. The summed E-state index contributed by atoms with van der Waals surface area (Å²) in [6.07, 6.45) is 9.30. The van der Waals surface area contributed by atoms with Crippen LogP contribution in [0.15, 0.2) is 24.7 Å². The lowest BCUT2D eigenvalue weighted by Crippen LogP contribution is -2.47.